The molecule has 2 unspecified atom stereocenters. The fourth-order valence-electron chi connectivity index (χ4n) is 2.25. The van der Waals surface area contributed by atoms with Gasteiger partial charge in [0.25, 0.3) is 0 Å². The fourth-order valence-corrected chi connectivity index (χ4v) is 2.25. The largest absolute Gasteiger partial charge is 0.489 e. The predicted octanol–water partition coefficient (Wildman–Crippen LogP) is 2.65. The number of rotatable bonds is 6. The first-order chi connectivity index (χ1) is 8.88. The maximum absolute atomic E-state index is 5.85. The van der Waals surface area contributed by atoms with Crippen LogP contribution in [0, 0.1) is 0 Å². The zero-order valence-corrected chi connectivity index (χ0v) is 10.4. The summed E-state index contributed by atoms with van der Waals surface area (Å²) in [6.07, 6.45) is 4.34. The van der Waals surface area contributed by atoms with Crippen molar-refractivity contribution >= 4 is 0 Å². The van der Waals surface area contributed by atoms with Crippen LogP contribution in [0.3, 0.4) is 0 Å². The maximum atomic E-state index is 5.85. The van der Waals surface area contributed by atoms with E-state index in [1.165, 1.54) is 11.1 Å². The lowest BCUT2D eigenvalue weighted by molar-refractivity contribution is -0.0539. The lowest BCUT2D eigenvalue weighted by Gasteiger charge is -2.29. The van der Waals surface area contributed by atoms with Crippen molar-refractivity contribution in [2.45, 2.75) is 25.0 Å². The molecule has 0 radical (unpaired) electrons. The number of hydrogen-bond acceptors (Lipinski definition) is 3. The number of ether oxygens (including phenoxy) is 3. The molecule has 0 spiro atoms. The van der Waals surface area contributed by atoms with Gasteiger partial charge in [-0.15, -0.1) is 0 Å². The summed E-state index contributed by atoms with van der Waals surface area (Å²) in [5.41, 5.74) is 2.38. The van der Waals surface area contributed by atoms with E-state index in [9.17, 15) is 0 Å². The first-order valence-electron chi connectivity index (χ1n) is 6.47. The van der Waals surface area contributed by atoms with Crippen LogP contribution in [0.4, 0.5) is 0 Å². The van der Waals surface area contributed by atoms with Crippen LogP contribution in [0.15, 0.2) is 30.9 Å². The van der Waals surface area contributed by atoms with E-state index in [1.807, 2.05) is 0 Å². The summed E-state index contributed by atoms with van der Waals surface area (Å²) in [6, 6.07) is 6.29. The van der Waals surface area contributed by atoms with Gasteiger partial charge in [-0.2, -0.15) is 0 Å². The normalized spacial score (nSPS) is 25.3. The van der Waals surface area contributed by atoms with Crippen molar-refractivity contribution < 1.29 is 14.2 Å². The molecule has 18 heavy (non-hydrogen) atoms. The van der Waals surface area contributed by atoms with Gasteiger partial charge in [0.15, 0.2) is 0 Å². The van der Waals surface area contributed by atoms with Crippen molar-refractivity contribution in [1.29, 1.82) is 0 Å². The van der Waals surface area contributed by atoms with Gasteiger partial charge in [-0.1, -0.05) is 30.9 Å². The molecule has 0 amide bonds. The molecule has 1 aromatic rings. The highest BCUT2D eigenvalue weighted by molar-refractivity contribution is 5.44. The number of para-hydroxylation sites is 1. The molecule has 2 heterocycles. The first kappa shape index (κ1) is 11.8. The Morgan fingerprint density at radius 2 is 2.22 bits per heavy atom. The summed E-state index contributed by atoms with van der Waals surface area (Å²) < 4.78 is 16.7. The molecule has 0 saturated carbocycles. The molecule has 96 valence electrons. The van der Waals surface area contributed by atoms with Crippen LogP contribution in [0.25, 0.3) is 0 Å². The van der Waals surface area contributed by atoms with Gasteiger partial charge in [0.1, 0.15) is 12.4 Å². The van der Waals surface area contributed by atoms with Gasteiger partial charge in [0.2, 0.25) is 0 Å². The molecule has 2 atom stereocenters. The van der Waals surface area contributed by atoms with E-state index in [-0.39, 0.29) is 6.10 Å². The average Bonchev–Trinajstić information content (AvgIpc) is 3.10. The summed E-state index contributed by atoms with van der Waals surface area (Å²) in [4.78, 5) is 0. The quantitative estimate of drug-likeness (QED) is 0.571. The smallest absolute Gasteiger partial charge is 0.128 e. The van der Waals surface area contributed by atoms with Crippen LogP contribution >= 0.6 is 0 Å². The minimum absolute atomic E-state index is 0.199. The Morgan fingerprint density at radius 1 is 1.39 bits per heavy atom. The van der Waals surface area contributed by atoms with Gasteiger partial charge in [-0.25, -0.2) is 0 Å². The fraction of sp³-hybridized carbons (Fsp3) is 0.467. The van der Waals surface area contributed by atoms with Crippen molar-refractivity contribution in [3.8, 4) is 5.75 Å². The first-order valence-corrected chi connectivity index (χ1v) is 6.47. The van der Waals surface area contributed by atoms with E-state index < -0.39 is 0 Å². The van der Waals surface area contributed by atoms with Crippen molar-refractivity contribution in [2.75, 3.05) is 19.8 Å². The summed E-state index contributed by atoms with van der Waals surface area (Å²) in [7, 11) is 0. The Balaban J connectivity index is 1.87. The Kier molecular flexibility index (Phi) is 3.35. The topological polar surface area (TPSA) is 31.0 Å². The molecule has 0 aromatic heterocycles. The lowest BCUT2D eigenvalue weighted by Crippen LogP contribution is -2.19. The minimum atomic E-state index is 0.199. The second kappa shape index (κ2) is 5.12. The molecule has 2 saturated heterocycles. The highest BCUT2D eigenvalue weighted by atomic mass is 16.6. The van der Waals surface area contributed by atoms with Crippen molar-refractivity contribution in [3.05, 3.63) is 42.0 Å². The van der Waals surface area contributed by atoms with E-state index in [0.717, 1.165) is 31.8 Å². The molecule has 3 heteroatoms. The van der Waals surface area contributed by atoms with Crippen molar-refractivity contribution in [3.63, 3.8) is 0 Å². The number of hydrogen-bond donors (Lipinski definition) is 0. The standard InChI is InChI=1S/C15H18O3/c1-2-7-17-15-11(9-12-10-18-12)4-3-5-13(15)14-6-8-16-14/h2-5,12,14H,1,6-10H2. The second-order valence-electron chi connectivity index (χ2n) is 4.74. The maximum Gasteiger partial charge on any atom is 0.128 e. The highest BCUT2D eigenvalue weighted by Gasteiger charge is 2.28. The molecular weight excluding hydrogens is 228 g/mol. The summed E-state index contributed by atoms with van der Waals surface area (Å²) in [6.45, 7) is 5.95. The third-order valence-electron chi connectivity index (χ3n) is 3.37. The summed E-state index contributed by atoms with van der Waals surface area (Å²) in [5, 5.41) is 0. The van der Waals surface area contributed by atoms with Gasteiger partial charge in [-0.05, 0) is 5.56 Å². The number of benzene rings is 1. The number of epoxide rings is 1. The molecule has 0 aliphatic carbocycles. The Morgan fingerprint density at radius 3 is 2.83 bits per heavy atom. The minimum Gasteiger partial charge on any atom is -0.489 e. The molecule has 2 aliphatic heterocycles. The van der Waals surface area contributed by atoms with Gasteiger partial charge in [0, 0.05) is 18.4 Å². The van der Waals surface area contributed by atoms with E-state index >= 15 is 0 Å². The third-order valence-corrected chi connectivity index (χ3v) is 3.37. The Hall–Kier alpha value is -1.32. The van der Waals surface area contributed by atoms with E-state index in [2.05, 4.69) is 24.8 Å². The molecule has 0 N–H and O–H groups in total. The van der Waals surface area contributed by atoms with Crippen LogP contribution in [-0.2, 0) is 15.9 Å². The second-order valence-corrected chi connectivity index (χ2v) is 4.74. The van der Waals surface area contributed by atoms with Crippen LogP contribution in [-0.4, -0.2) is 25.9 Å². The molecule has 3 rings (SSSR count). The zero-order valence-electron chi connectivity index (χ0n) is 10.4. The monoisotopic (exact) mass is 246 g/mol. The van der Waals surface area contributed by atoms with Gasteiger partial charge >= 0.3 is 0 Å². The van der Waals surface area contributed by atoms with Crippen LogP contribution in [0.1, 0.15) is 23.7 Å². The summed E-state index contributed by atoms with van der Waals surface area (Å²) >= 11 is 0. The molecule has 0 bridgehead atoms. The summed E-state index contributed by atoms with van der Waals surface area (Å²) in [5.74, 6) is 0.970. The molecule has 1 aromatic carbocycles. The van der Waals surface area contributed by atoms with E-state index in [0.29, 0.717) is 12.7 Å². The van der Waals surface area contributed by atoms with Crippen LogP contribution in [0.2, 0.25) is 0 Å². The van der Waals surface area contributed by atoms with Crippen LogP contribution in [0.5, 0.6) is 5.75 Å². The van der Waals surface area contributed by atoms with Crippen LogP contribution < -0.4 is 4.74 Å². The molecular formula is C15H18O3. The predicted molar refractivity (Wildman–Crippen MR) is 68.9 cm³/mol. The lowest BCUT2D eigenvalue weighted by atomic mass is 9.97. The van der Waals surface area contributed by atoms with E-state index in [4.69, 9.17) is 14.2 Å². The van der Waals surface area contributed by atoms with Gasteiger partial charge < -0.3 is 14.2 Å². The third kappa shape index (κ3) is 2.42. The van der Waals surface area contributed by atoms with Crippen molar-refractivity contribution in [2.24, 2.45) is 0 Å². The highest BCUT2D eigenvalue weighted by Crippen LogP contribution is 2.38. The molecule has 2 aliphatic rings. The molecule has 3 nitrogen and oxygen atoms in total. The van der Waals surface area contributed by atoms with Gasteiger partial charge in [-0.3, -0.25) is 0 Å². The zero-order chi connectivity index (χ0) is 12.4. The van der Waals surface area contributed by atoms with E-state index in [1.54, 1.807) is 6.08 Å². The van der Waals surface area contributed by atoms with Gasteiger partial charge in [0.05, 0.1) is 25.4 Å². The molecule has 2 fully saturated rings. The van der Waals surface area contributed by atoms with Crippen molar-refractivity contribution in [1.82, 2.24) is 0 Å². The SMILES string of the molecule is C=CCOc1c(CC2CO2)cccc1C1CCO1. The Labute approximate surface area is 107 Å². The Bertz CT molecular complexity index is 433. The average molecular weight is 246 g/mol.